The molecule has 0 fully saturated rings. The van der Waals surface area contributed by atoms with Crippen LogP contribution in [0.3, 0.4) is 0 Å². The molecule has 293 valence electrons. The van der Waals surface area contributed by atoms with Gasteiger partial charge in [0.15, 0.2) is 0 Å². The van der Waals surface area contributed by atoms with Crippen LogP contribution in [0.4, 0.5) is 0 Å². The van der Waals surface area contributed by atoms with E-state index in [2.05, 4.69) is 181 Å². The van der Waals surface area contributed by atoms with Crippen molar-refractivity contribution in [1.29, 1.82) is 0 Å². The van der Waals surface area contributed by atoms with Crippen molar-refractivity contribution in [2.75, 3.05) is 0 Å². The molecule has 6 aromatic carbocycles. The first-order valence-electron chi connectivity index (χ1n) is 21.8. The Balaban J connectivity index is 1.42. The van der Waals surface area contributed by atoms with Crippen LogP contribution in [0.25, 0.3) is 45.5 Å². The van der Waals surface area contributed by atoms with Crippen LogP contribution in [-0.2, 0) is 29.2 Å². The third kappa shape index (κ3) is 6.06. The van der Waals surface area contributed by atoms with Gasteiger partial charge < -0.3 is 0 Å². The van der Waals surface area contributed by atoms with Gasteiger partial charge in [-0.15, -0.1) is 0 Å². The van der Waals surface area contributed by atoms with E-state index in [1.807, 2.05) is 0 Å². The summed E-state index contributed by atoms with van der Waals surface area (Å²) < 4.78 is 1.12. The van der Waals surface area contributed by atoms with Gasteiger partial charge in [0, 0.05) is 0 Å². The van der Waals surface area contributed by atoms with E-state index in [9.17, 15) is 17.0 Å². The van der Waals surface area contributed by atoms with E-state index in [0.29, 0.717) is 11.8 Å². The third-order valence-corrected chi connectivity index (χ3v) is 36.9. The Bertz CT molecular complexity index is 2490. The number of benzene rings is 6. The predicted molar refractivity (Wildman–Crippen MR) is 254 cm³/mol. The summed E-state index contributed by atoms with van der Waals surface area (Å²) in [6.07, 6.45) is 9.11. The molecule has 0 N–H and O–H groups in total. The second kappa shape index (κ2) is 15.5. The van der Waals surface area contributed by atoms with Gasteiger partial charge in [0.1, 0.15) is 0 Å². The van der Waals surface area contributed by atoms with Crippen molar-refractivity contribution >= 4 is 52.3 Å². The molecule has 58 heavy (non-hydrogen) atoms. The van der Waals surface area contributed by atoms with Crippen LogP contribution in [-0.4, -0.2) is 9.52 Å². The Morgan fingerprint density at radius 2 is 1.00 bits per heavy atom. The molecule has 9 rings (SSSR count). The molecule has 2 aliphatic carbocycles. The van der Waals surface area contributed by atoms with Crippen LogP contribution in [0.5, 0.6) is 0 Å². The number of hydrogen-bond acceptors (Lipinski definition) is 0. The summed E-state index contributed by atoms with van der Waals surface area (Å²) >= 11 is -5.70. The molecule has 0 bridgehead atoms. The topological polar surface area (TPSA) is 0 Å². The number of aryl methyl sites for hydroxylation is 2. The fourth-order valence-electron chi connectivity index (χ4n) is 11.1. The van der Waals surface area contributed by atoms with E-state index in [4.69, 9.17) is 0 Å². The van der Waals surface area contributed by atoms with Crippen LogP contribution < -0.4 is 13.6 Å². The van der Waals surface area contributed by atoms with Crippen LogP contribution >= 0.6 is 17.0 Å². The molecular weight excluding hydrogens is 839 g/mol. The van der Waals surface area contributed by atoms with Gasteiger partial charge in [0.05, 0.1) is 0 Å². The fraction of sp³-hybridized carbons (Fsp3) is 0.259. The molecule has 4 unspecified atom stereocenters. The zero-order valence-corrected chi connectivity index (χ0v) is 40.3. The van der Waals surface area contributed by atoms with Gasteiger partial charge in [-0.1, -0.05) is 0 Å². The Labute approximate surface area is 357 Å². The van der Waals surface area contributed by atoms with Crippen molar-refractivity contribution in [3.8, 4) is 33.4 Å². The summed E-state index contributed by atoms with van der Waals surface area (Å²) in [5.74, 6) is 0.615. The summed E-state index contributed by atoms with van der Waals surface area (Å²) in [5, 5.41) is 2.98. The van der Waals surface area contributed by atoms with E-state index in [-0.39, 0.29) is 7.25 Å². The van der Waals surface area contributed by atoms with Crippen molar-refractivity contribution < 1.29 is 16.4 Å². The van der Waals surface area contributed by atoms with Crippen LogP contribution in [0, 0.1) is 11.8 Å². The van der Waals surface area contributed by atoms with Gasteiger partial charge in [0.2, 0.25) is 0 Å². The van der Waals surface area contributed by atoms with Gasteiger partial charge in [0.25, 0.3) is 0 Å². The van der Waals surface area contributed by atoms with E-state index in [1.54, 1.807) is 0 Å². The molecule has 3 aliphatic rings. The van der Waals surface area contributed by atoms with E-state index < -0.39 is 25.9 Å². The van der Waals surface area contributed by atoms with Gasteiger partial charge in [-0.3, -0.25) is 0 Å². The zero-order valence-electron chi connectivity index (χ0n) is 34.9. The van der Waals surface area contributed by atoms with Gasteiger partial charge in [-0.2, -0.15) is 0 Å². The molecule has 4 heteroatoms. The normalized spacial score (nSPS) is 18.7. The molecule has 0 amide bonds. The number of rotatable bonds is 11. The zero-order chi connectivity index (χ0) is 40.4. The predicted octanol–water partition coefficient (Wildman–Crippen LogP) is 13.2. The van der Waals surface area contributed by atoms with Crippen LogP contribution in [0.1, 0.15) is 95.0 Å². The molecule has 1 heterocycles. The summed E-state index contributed by atoms with van der Waals surface area (Å²) in [4.78, 5) is 0. The molecule has 0 nitrogen and oxygen atoms in total. The first-order chi connectivity index (χ1) is 28.1. The van der Waals surface area contributed by atoms with Crippen LogP contribution in [0.15, 0.2) is 139 Å². The van der Waals surface area contributed by atoms with Gasteiger partial charge >= 0.3 is 360 Å². The summed E-state index contributed by atoms with van der Waals surface area (Å²) in [6.45, 7) is 14.1. The Hall–Kier alpha value is -3.52. The van der Waals surface area contributed by atoms with Crippen molar-refractivity contribution in [2.24, 2.45) is 11.8 Å². The van der Waals surface area contributed by atoms with Gasteiger partial charge in [-0.05, 0) is 0 Å². The van der Waals surface area contributed by atoms with Crippen molar-refractivity contribution in [3.63, 3.8) is 0 Å². The molecule has 0 aromatic heterocycles. The molecule has 0 spiro atoms. The number of allylic oxidation sites excluding steroid dienone is 2. The van der Waals surface area contributed by atoms with E-state index >= 15 is 0 Å². The van der Waals surface area contributed by atoms with E-state index in [1.165, 1.54) is 91.6 Å². The minimum atomic E-state index is -5.70. The van der Waals surface area contributed by atoms with Crippen molar-refractivity contribution in [1.82, 2.24) is 0 Å². The maximum absolute atomic E-state index is 9.47. The number of fused-ring (bicyclic) bond motifs is 5. The number of halogens is 2. The van der Waals surface area contributed by atoms with Crippen molar-refractivity contribution in [2.45, 2.75) is 74.5 Å². The Morgan fingerprint density at radius 3 is 1.48 bits per heavy atom. The number of hydrogen-bond donors (Lipinski definition) is 0. The van der Waals surface area contributed by atoms with Crippen molar-refractivity contribution in [3.05, 3.63) is 172 Å². The molecular formula is C54H55Cl2SiZr. The SMILES string of the molecule is CCc1ccc2c(c1-c1ccccc1)C=C(C(C)CC)[CH]2[Zr]([Cl])([Cl])([c]1cccc2c1[SiH2]c1ccccc1-2)[CH]1C(C(C)CC)=Cc2c1ccc(CC)c2-c1ccccc1. The monoisotopic (exact) mass is 891 g/mol. The quantitative estimate of drug-likeness (QED) is 0.114. The Morgan fingerprint density at radius 1 is 0.534 bits per heavy atom. The van der Waals surface area contributed by atoms with E-state index in [0.717, 1.165) is 25.7 Å². The van der Waals surface area contributed by atoms with Crippen LogP contribution in [0.2, 0.25) is 0 Å². The maximum atomic E-state index is 9.47. The second-order valence-corrected chi connectivity index (χ2v) is 39.7. The Kier molecular flexibility index (Phi) is 10.7. The molecule has 1 aliphatic heterocycles. The summed E-state index contributed by atoms with van der Waals surface area (Å²) in [7, 11) is 18.1. The van der Waals surface area contributed by atoms with Gasteiger partial charge in [-0.25, -0.2) is 0 Å². The first-order valence-corrected chi connectivity index (χ1v) is 33.6. The average molecular weight is 894 g/mol. The minimum absolute atomic E-state index is 0.0956. The fourth-order valence-corrected chi connectivity index (χ4v) is 39.1. The average Bonchev–Trinajstić information content (AvgIpc) is 3.98. The standard InChI is InChI=1S/2C21H23.C12H9Si.2ClH.Zr/c2*1-4-15(3)19-13-18-12-11-16(5-2)21(20(18)14-19)17-9-7-6-8-10-17;1-3-7-11-9(5-1)10-6-2-4-8-12(10)13-11;;;/h2*6-15H,4-5H2,1-3H3;1-7H,13H2;2*1H;/q;;;;;+2/p-2. The second-order valence-electron chi connectivity index (χ2n) is 17.2. The molecule has 4 atom stereocenters. The first kappa shape index (κ1) is 39.9. The summed E-state index contributed by atoms with van der Waals surface area (Å²) in [5.41, 5.74) is 18.9. The molecule has 6 aromatic rings. The third-order valence-electron chi connectivity index (χ3n) is 14.3. The summed E-state index contributed by atoms with van der Waals surface area (Å²) in [6, 6.07) is 48.0. The molecule has 0 saturated heterocycles. The molecule has 0 radical (unpaired) electrons. The molecule has 0 saturated carbocycles.